The molecule has 0 amide bonds. The summed E-state index contributed by atoms with van der Waals surface area (Å²) in [6.45, 7) is 0. The second-order valence-electron chi connectivity index (χ2n) is 3.00. The molecule has 5 nitrogen and oxygen atoms in total. The molecule has 88 valence electrons. The fourth-order valence-electron chi connectivity index (χ4n) is 1.30. The Labute approximate surface area is 92.9 Å². The number of aliphatic imine (C=N–C) groups is 1. The summed E-state index contributed by atoms with van der Waals surface area (Å²) in [6, 6.07) is 1.49. The van der Waals surface area contributed by atoms with Crippen LogP contribution in [-0.2, 0) is 0 Å². The Morgan fingerprint density at radius 1 is 1.38 bits per heavy atom. The third-order valence-corrected chi connectivity index (χ3v) is 2.17. The van der Waals surface area contributed by atoms with E-state index in [1.54, 1.807) is 0 Å². The van der Waals surface area contributed by atoms with Gasteiger partial charge in [0.1, 0.15) is 5.84 Å². The number of rotatable bonds is 3. The van der Waals surface area contributed by atoms with Gasteiger partial charge in [0.2, 0.25) is 0 Å². The molecule has 0 saturated carbocycles. The molecular formula is C10H14FN3O2. The molecule has 0 fully saturated rings. The van der Waals surface area contributed by atoms with Gasteiger partial charge in [-0.1, -0.05) is 0 Å². The quantitative estimate of drug-likeness (QED) is 0.453. The zero-order chi connectivity index (χ0) is 12.3. The van der Waals surface area contributed by atoms with Crippen LogP contribution in [0.3, 0.4) is 0 Å². The molecule has 0 saturated heterocycles. The van der Waals surface area contributed by atoms with Gasteiger partial charge in [-0.3, -0.25) is 4.99 Å². The molecule has 4 N–H and O–H groups in total. The van der Waals surface area contributed by atoms with E-state index >= 15 is 0 Å². The molecule has 0 unspecified atom stereocenters. The Kier molecular flexibility index (Phi) is 3.55. The van der Waals surface area contributed by atoms with E-state index in [-0.39, 0.29) is 28.6 Å². The second-order valence-corrected chi connectivity index (χ2v) is 3.00. The van der Waals surface area contributed by atoms with Gasteiger partial charge in [-0.15, -0.1) is 0 Å². The monoisotopic (exact) mass is 227 g/mol. The van der Waals surface area contributed by atoms with E-state index in [2.05, 4.69) is 4.99 Å². The number of hydrogen-bond donors (Lipinski definition) is 2. The predicted octanol–water partition coefficient (Wildman–Crippen LogP) is 0.760. The Morgan fingerprint density at radius 2 is 2.00 bits per heavy atom. The lowest BCUT2D eigenvalue weighted by atomic mass is 10.1. The van der Waals surface area contributed by atoms with Crippen LogP contribution in [0.25, 0.3) is 0 Å². The minimum absolute atomic E-state index is 0.0485. The molecule has 16 heavy (non-hydrogen) atoms. The Balaban J connectivity index is 3.50. The molecule has 1 aromatic rings. The summed E-state index contributed by atoms with van der Waals surface area (Å²) in [5, 5.41) is 0. The van der Waals surface area contributed by atoms with Crippen LogP contribution in [0, 0.1) is 5.82 Å². The van der Waals surface area contributed by atoms with Crippen LogP contribution in [0.2, 0.25) is 0 Å². The molecule has 0 aliphatic carbocycles. The first-order valence-electron chi connectivity index (χ1n) is 4.49. The second kappa shape index (κ2) is 4.69. The number of benzene rings is 1. The topological polar surface area (TPSA) is 82.9 Å². The number of nitrogen functional groups attached to an aromatic ring is 1. The van der Waals surface area contributed by atoms with Gasteiger partial charge >= 0.3 is 0 Å². The van der Waals surface area contributed by atoms with Gasteiger partial charge in [0.05, 0.1) is 19.9 Å². The molecule has 0 aliphatic rings. The normalized spacial score (nSPS) is 11.4. The number of ether oxygens (including phenoxy) is 2. The summed E-state index contributed by atoms with van der Waals surface area (Å²) >= 11 is 0. The maximum atomic E-state index is 13.8. The minimum Gasteiger partial charge on any atom is -0.493 e. The summed E-state index contributed by atoms with van der Waals surface area (Å²) in [5.74, 6) is -0.399. The SMILES string of the molecule is CN=C(N)c1cc(OC)c(OC)c(F)c1N. The van der Waals surface area contributed by atoms with Gasteiger partial charge in [0.25, 0.3) is 0 Å². The van der Waals surface area contributed by atoms with E-state index in [4.69, 9.17) is 20.9 Å². The number of methoxy groups -OCH3 is 2. The van der Waals surface area contributed by atoms with E-state index in [1.807, 2.05) is 0 Å². The van der Waals surface area contributed by atoms with Crippen LogP contribution in [0.5, 0.6) is 11.5 Å². The number of hydrogen-bond acceptors (Lipinski definition) is 4. The molecule has 6 heteroatoms. The maximum Gasteiger partial charge on any atom is 0.199 e. The van der Waals surface area contributed by atoms with Crippen LogP contribution < -0.4 is 20.9 Å². The zero-order valence-corrected chi connectivity index (χ0v) is 9.37. The molecule has 1 aromatic carbocycles. The minimum atomic E-state index is -0.705. The van der Waals surface area contributed by atoms with Crippen molar-refractivity contribution in [2.45, 2.75) is 0 Å². The van der Waals surface area contributed by atoms with Gasteiger partial charge < -0.3 is 20.9 Å². The van der Waals surface area contributed by atoms with Crippen LogP contribution in [0.1, 0.15) is 5.56 Å². The largest absolute Gasteiger partial charge is 0.493 e. The average Bonchev–Trinajstić information content (AvgIpc) is 2.31. The van der Waals surface area contributed by atoms with E-state index in [0.29, 0.717) is 0 Å². The van der Waals surface area contributed by atoms with Crippen molar-refractivity contribution < 1.29 is 13.9 Å². The van der Waals surface area contributed by atoms with Crippen molar-refractivity contribution in [2.24, 2.45) is 10.7 Å². The van der Waals surface area contributed by atoms with Gasteiger partial charge in [-0.05, 0) is 6.07 Å². The maximum absolute atomic E-state index is 13.8. The molecule has 0 radical (unpaired) electrons. The highest BCUT2D eigenvalue weighted by molar-refractivity contribution is 6.02. The Bertz CT molecular complexity index is 433. The van der Waals surface area contributed by atoms with E-state index in [1.165, 1.54) is 27.3 Å². The fraction of sp³-hybridized carbons (Fsp3) is 0.300. The first kappa shape index (κ1) is 12.1. The first-order valence-corrected chi connectivity index (χ1v) is 4.49. The summed E-state index contributed by atoms with van der Waals surface area (Å²) in [4.78, 5) is 3.74. The number of anilines is 1. The smallest absolute Gasteiger partial charge is 0.199 e. The molecule has 0 aliphatic heterocycles. The zero-order valence-electron chi connectivity index (χ0n) is 9.37. The highest BCUT2D eigenvalue weighted by Gasteiger charge is 2.19. The molecule has 0 aromatic heterocycles. The summed E-state index contributed by atoms with van der Waals surface area (Å²) in [7, 11) is 4.22. The van der Waals surface area contributed by atoms with Gasteiger partial charge in [-0.2, -0.15) is 0 Å². The summed E-state index contributed by atoms with van der Waals surface area (Å²) in [5.41, 5.74) is 11.4. The van der Waals surface area contributed by atoms with Crippen molar-refractivity contribution in [1.82, 2.24) is 0 Å². The van der Waals surface area contributed by atoms with Gasteiger partial charge in [0, 0.05) is 12.6 Å². The third kappa shape index (κ3) is 1.86. The number of amidine groups is 1. The highest BCUT2D eigenvalue weighted by Crippen LogP contribution is 2.35. The average molecular weight is 227 g/mol. The third-order valence-electron chi connectivity index (χ3n) is 2.17. The van der Waals surface area contributed by atoms with E-state index in [9.17, 15) is 4.39 Å². The lowest BCUT2D eigenvalue weighted by Crippen LogP contribution is -2.16. The van der Waals surface area contributed by atoms with E-state index < -0.39 is 5.82 Å². The number of nitrogens with zero attached hydrogens (tertiary/aromatic N) is 1. The summed E-state index contributed by atoms with van der Waals surface area (Å²) in [6.07, 6.45) is 0. The van der Waals surface area contributed by atoms with Crippen molar-refractivity contribution in [1.29, 1.82) is 0 Å². The van der Waals surface area contributed by atoms with Crippen molar-refractivity contribution in [3.8, 4) is 11.5 Å². The molecular weight excluding hydrogens is 213 g/mol. The standard InChI is InChI=1S/C10H14FN3O2/c1-14-10(13)5-4-6(15-2)9(16-3)7(11)8(5)12/h4H,12H2,1-3H3,(H2,13,14). The van der Waals surface area contributed by atoms with Crippen molar-refractivity contribution >= 4 is 11.5 Å². The van der Waals surface area contributed by atoms with Crippen LogP contribution >= 0.6 is 0 Å². The molecule has 0 atom stereocenters. The van der Waals surface area contributed by atoms with Crippen LogP contribution in [0.4, 0.5) is 10.1 Å². The van der Waals surface area contributed by atoms with Gasteiger partial charge in [0.15, 0.2) is 17.3 Å². The lowest BCUT2D eigenvalue weighted by Gasteiger charge is -2.13. The highest BCUT2D eigenvalue weighted by atomic mass is 19.1. The van der Waals surface area contributed by atoms with Crippen molar-refractivity contribution in [3.05, 3.63) is 17.4 Å². The molecule has 0 bridgehead atoms. The van der Waals surface area contributed by atoms with Crippen molar-refractivity contribution in [3.63, 3.8) is 0 Å². The lowest BCUT2D eigenvalue weighted by molar-refractivity contribution is 0.338. The van der Waals surface area contributed by atoms with E-state index in [0.717, 1.165) is 0 Å². The molecule has 0 spiro atoms. The van der Waals surface area contributed by atoms with Crippen molar-refractivity contribution in [2.75, 3.05) is 27.0 Å². The Hall–Kier alpha value is -1.98. The predicted molar refractivity (Wildman–Crippen MR) is 60.6 cm³/mol. The summed E-state index contributed by atoms with van der Waals surface area (Å²) < 4.78 is 23.6. The molecule has 1 rings (SSSR count). The number of nitrogens with two attached hydrogens (primary N) is 2. The molecule has 0 heterocycles. The van der Waals surface area contributed by atoms with Crippen LogP contribution in [-0.4, -0.2) is 27.1 Å². The van der Waals surface area contributed by atoms with Gasteiger partial charge in [-0.25, -0.2) is 4.39 Å². The first-order chi connectivity index (χ1) is 7.56. The Morgan fingerprint density at radius 3 is 2.44 bits per heavy atom. The number of halogens is 1. The fourth-order valence-corrected chi connectivity index (χ4v) is 1.30. The van der Waals surface area contributed by atoms with Crippen LogP contribution in [0.15, 0.2) is 11.1 Å².